The van der Waals surface area contributed by atoms with Gasteiger partial charge in [-0.2, -0.15) is 0 Å². The van der Waals surface area contributed by atoms with Crippen molar-refractivity contribution < 1.29 is 0 Å². The van der Waals surface area contributed by atoms with Gasteiger partial charge in [-0.05, 0) is 46.3 Å². The minimum Gasteiger partial charge on any atom is -0.314 e. The van der Waals surface area contributed by atoms with Gasteiger partial charge < -0.3 is 5.32 Å². The lowest BCUT2D eigenvalue weighted by Crippen LogP contribution is -2.36. The molecule has 0 aromatic heterocycles. The molecule has 0 aliphatic carbocycles. The van der Waals surface area contributed by atoms with Crippen molar-refractivity contribution >= 4 is 0 Å². The molecule has 1 rings (SSSR count). The van der Waals surface area contributed by atoms with Crippen LogP contribution in [-0.2, 0) is 6.54 Å². The summed E-state index contributed by atoms with van der Waals surface area (Å²) in [6, 6.07) is 9.97. The number of rotatable bonds is 7. The molecule has 0 fully saturated rings. The molecule has 0 amide bonds. The first-order valence-corrected chi connectivity index (χ1v) is 7.02. The van der Waals surface area contributed by atoms with Crippen LogP contribution in [0.15, 0.2) is 24.3 Å². The summed E-state index contributed by atoms with van der Waals surface area (Å²) in [6.45, 7) is 11.0. The van der Waals surface area contributed by atoms with Crippen LogP contribution in [0.5, 0.6) is 0 Å². The maximum Gasteiger partial charge on any atom is 0.0233 e. The van der Waals surface area contributed by atoms with Gasteiger partial charge in [-0.3, -0.25) is 4.90 Å². The van der Waals surface area contributed by atoms with E-state index >= 15 is 0 Å². The monoisotopic (exact) mass is 248 g/mol. The molecule has 0 saturated carbocycles. The average molecular weight is 248 g/mol. The Bertz CT molecular complexity index is 349. The fourth-order valence-electron chi connectivity index (χ4n) is 2.38. The van der Waals surface area contributed by atoms with Crippen LogP contribution >= 0.6 is 0 Å². The van der Waals surface area contributed by atoms with Crippen LogP contribution in [0.3, 0.4) is 0 Å². The highest BCUT2D eigenvalue weighted by Crippen LogP contribution is 2.11. The number of nitrogens with zero attached hydrogens (tertiary/aromatic N) is 1. The summed E-state index contributed by atoms with van der Waals surface area (Å²) >= 11 is 0. The van der Waals surface area contributed by atoms with Crippen LogP contribution < -0.4 is 5.32 Å². The first-order chi connectivity index (χ1) is 8.52. The smallest absolute Gasteiger partial charge is 0.0233 e. The second-order valence-corrected chi connectivity index (χ2v) is 5.45. The Morgan fingerprint density at radius 2 is 2.00 bits per heavy atom. The second kappa shape index (κ2) is 7.55. The zero-order chi connectivity index (χ0) is 13.5. The predicted molar refractivity (Wildman–Crippen MR) is 79.9 cm³/mol. The summed E-state index contributed by atoms with van der Waals surface area (Å²) < 4.78 is 0. The zero-order valence-corrected chi connectivity index (χ0v) is 12.5. The molecule has 0 aliphatic heterocycles. The van der Waals surface area contributed by atoms with E-state index in [1.165, 1.54) is 17.5 Å². The zero-order valence-electron chi connectivity index (χ0n) is 12.5. The average Bonchev–Trinajstić information content (AvgIpc) is 2.29. The van der Waals surface area contributed by atoms with E-state index in [9.17, 15) is 0 Å². The van der Waals surface area contributed by atoms with Gasteiger partial charge in [0, 0.05) is 18.6 Å². The summed E-state index contributed by atoms with van der Waals surface area (Å²) in [7, 11) is 2.21. The minimum absolute atomic E-state index is 0.588. The topological polar surface area (TPSA) is 15.3 Å². The lowest BCUT2D eigenvalue weighted by atomic mass is 10.1. The number of nitrogens with one attached hydrogen (secondary N) is 1. The maximum absolute atomic E-state index is 3.48. The van der Waals surface area contributed by atoms with E-state index in [1.807, 2.05) is 0 Å². The van der Waals surface area contributed by atoms with E-state index in [-0.39, 0.29) is 0 Å². The van der Waals surface area contributed by atoms with Crippen molar-refractivity contribution in [2.45, 2.75) is 52.7 Å². The summed E-state index contributed by atoms with van der Waals surface area (Å²) in [5, 5.41) is 3.48. The van der Waals surface area contributed by atoms with Crippen LogP contribution in [-0.4, -0.2) is 30.6 Å². The Labute approximate surface area is 112 Å². The van der Waals surface area contributed by atoms with Crippen molar-refractivity contribution in [1.82, 2.24) is 10.2 Å². The molecule has 0 spiro atoms. The third kappa shape index (κ3) is 5.19. The molecule has 1 aromatic carbocycles. The fourth-order valence-corrected chi connectivity index (χ4v) is 2.38. The van der Waals surface area contributed by atoms with Gasteiger partial charge in [0.1, 0.15) is 0 Å². The maximum atomic E-state index is 3.48. The van der Waals surface area contributed by atoms with Crippen molar-refractivity contribution in [1.29, 1.82) is 0 Å². The molecule has 0 radical (unpaired) electrons. The number of aryl methyl sites for hydroxylation is 1. The van der Waals surface area contributed by atoms with Crippen LogP contribution in [0.1, 0.15) is 38.3 Å². The Kier molecular flexibility index (Phi) is 6.37. The molecule has 1 N–H and O–H groups in total. The molecule has 0 bridgehead atoms. The molecule has 2 heteroatoms. The van der Waals surface area contributed by atoms with Crippen molar-refractivity contribution in [3.8, 4) is 0 Å². The highest BCUT2D eigenvalue weighted by molar-refractivity contribution is 5.22. The van der Waals surface area contributed by atoms with Crippen LogP contribution in [0.2, 0.25) is 0 Å². The lowest BCUT2D eigenvalue weighted by molar-refractivity contribution is 0.223. The minimum atomic E-state index is 0.588. The number of hydrogen-bond donors (Lipinski definition) is 1. The van der Waals surface area contributed by atoms with Gasteiger partial charge in [-0.1, -0.05) is 36.8 Å². The lowest BCUT2D eigenvalue weighted by Gasteiger charge is -2.27. The van der Waals surface area contributed by atoms with Crippen molar-refractivity contribution in [3.05, 3.63) is 35.4 Å². The first kappa shape index (κ1) is 15.2. The third-order valence-corrected chi connectivity index (χ3v) is 3.51. The molecule has 0 saturated heterocycles. The second-order valence-electron chi connectivity index (χ2n) is 5.45. The fraction of sp³-hybridized carbons (Fsp3) is 0.625. The molecule has 18 heavy (non-hydrogen) atoms. The molecular formula is C16H28N2. The predicted octanol–water partition coefficient (Wildman–Crippen LogP) is 3.20. The largest absolute Gasteiger partial charge is 0.314 e. The first-order valence-electron chi connectivity index (χ1n) is 7.02. The Hall–Kier alpha value is -0.860. The van der Waals surface area contributed by atoms with Crippen LogP contribution in [0, 0.1) is 6.92 Å². The quantitative estimate of drug-likeness (QED) is 0.797. The van der Waals surface area contributed by atoms with E-state index in [0.717, 1.165) is 13.1 Å². The van der Waals surface area contributed by atoms with Gasteiger partial charge in [0.2, 0.25) is 0 Å². The van der Waals surface area contributed by atoms with Gasteiger partial charge in [0.05, 0.1) is 0 Å². The summed E-state index contributed by atoms with van der Waals surface area (Å²) in [6.07, 6.45) is 1.19. The van der Waals surface area contributed by atoms with E-state index in [2.05, 4.69) is 69.2 Å². The molecule has 0 heterocycles. The van der Waals surface area contributed by atoms with Crippen molar-refractivity contribution in [2.24, 2.45) is 0 Å². The van der Waals surface area contributed by atoms with E-state index in [4.69, 9.17) is 0 Å². The summed E-state index contributed by atoms with van der Waals surface area (Å²) in [4.78, 5) is 2.43. The molecule has 2 unspecified atom stereocenters. The van der Waals surface area contributed by atoms with E-state index in [1.54, 1.807) is 0 Å². The SMILES string of the molecule is CCNC(C)CC(C)N(C)Cc1cccc(C)c1. The number of hydrogen-bond acceptors (Lipinski definition) is 2. The van der Waals surface area contributed by atoms with E-state index in [0.29, 0.717) is 12.1 Å². The molecule has 2 atom stereocenters. The van der Waals surface area contributed by atoms with Gasteiger partial charge in [-0.25, -0.2) is 0 Å². The van der Waals surface area contributed by atoms with Gasteiger partial charge in [-0.15, -0.1) is 0 Å². The molecular weight excluding hydrogens is 220 g/mol. The summed E-state index contributed by atoms with van der Waals surface area (Å²) in [5.41, 5.74) is 2.75. The van der Waals surface area contributed by atoms with Crippen molar-refractivity contribution in [3.63, 3.8) is 0 Å². The van der Waals surface area contributed by atoms with Crippen LogP contribution in [0.25, 0.3) is 0 Å². The summed E-state index contributed by atoms with van der Waals surface area (Å²) in [5.74, 6) is 0. The molecule has 0 aliphatic rings. The van der Waals surface area contributed by atoms with Gasteiger partial charge in [0.15, 0.2) is 0 Å². The highest BCUT2D eigenvalue weighted by Gasteiger charge is 2.12. The Morgan fingerprint density at radius 3 is 2.61 bits per heavy atom. The molecule has 1 aromatic rings. The van der Waals surface area contributed by atoms with Gasteiger partial charge >= 0.3 is 0 Å². The van der Waals surface area contributed by atoms with Crippen molar-refractivity contribution in [2.75, 3.05) is 13.6 Å². The van der Waals surface area contributed by atoms with Crippen LogP contribution in [0.4, 0.5) is 0 Å². The van der Waals surface area contributed by atoms with E-state index < -0.39 is 0 Å². The highest BCUT2D eigenvalue weighted by atomic mass is 15.1. The molecule has 102 valence electrons. The van der Waals surface area contributed by atoms with Gasteiger partial charge in [0.25, 0.3) is 0 Å². The standard InChI is InChI=1S/C16H28N2/c1-6-17-14(3)11-15(4)18(5)12-16-9-7-8-13(2)10-16/h7-10,14-15,17H,6,11-12H2,1-5H3. The third-order valence-electron chi connectivity index (χ3n) is 3.51. The normalized spacial score (nSPS) is 14.8. The Balaban J connectivity index is 2.46. The number of benzene rings is 1. The Morgan fingerprint density at radius 1 is 1.28 bits per heavy atom. The molecule has 2 nitrogen and oxygen atoms in total.